The van der Waals surface area contributed by atoms with Crippen molar-refractivity contribution in [3.8, 4) is 17.2 Å². The predicted octanol–water partition coefficient (Wildman–Crippen LogP) is 4.53. The Morgan fingerprint density at radius 2 is 1.62 bits per heavy atom. The minimum Gasteiger partial charge on any atom is -0.192 e. The van der Waals surface area contributed by atoms with E-state index in [1.54, 1.807) is 12.1 Å². The molecule has 0 aliphatic carbocycles. The average molecular weight is 248 g/mol. The molecule has 0 spiro atoms. The SMILES string of the molecule is N#Cc1ccc(-c2ccc(Cl)cc2)c(Cl)c1. The maximum Gasteiger partial charge on any atom is 0.0992 e. The van der Waals surface area contributed by atoms with Crippen LogP contribution in [0.15, 0.2) is 42.5 Å². The van der Waals surface area contributed by atoms with Crippen molar-refractivity contribution in [2.45, 2.75) is 0 Å². The molecule has 78 valence electrons. The van der Waals surface area contributed by atoms with Gasteiger partial charge in [0.2, 0.25) is 0 Å². The van der Waals surface area contributed by atoms with Crippen molar-refractivity contribution in [3.63, 3.8) is 0 Å². The second-order valence-electron chi connectivity index (χ2n) is 3.31. The first-order valence-corrected chi connectivity index (χ1v) is 5.42. The van der Waals surface area contributed by atoms with Crippen LogP contribution >= 0.6 is 23.2 Å². The van der Waals surface area contributed by atoms with Crippen LogP contribution in [-0.4, -0.2) is 0 Å². The maximum absolute atomic E-state index is 8.73. The summed E-state index contributed by atoms with van der Waals surface area (Å²) in [6.45, 7) is 0. The Morgan fingerprint density at radius 3 is 2.19 bits per heavy atom. The summed E-state index contributed by atoms with van der Waals surface area (Å²) >= 11 is 11.9. The predicted molar refractivity (Wildman–Crippen MR) is 66.6 cm³/mol. The van der Waals surface area contributed by atoms with Crippen LogP contribution in [0.25, 0.3) is 11.1 Å². The molecule has 0 aliphatic heterocycles. The van der Waals surface area contributed by atoms with E-state index >= 15 is 0 Å². The highest BCUT2D eigenvalue weighted by atomic mass is 35.5. The molecule has 0 unspecified atom stereocenters. The Balaban J connectivity index is 2.49. The lowest BCUT2D eigenvalue weighted by Crippen LogP contribution is -1.81. The van der Waals surface area contributed by atoms with Gasteiger partial charge in [-0.15, -0.1) is 0 Å². The molecular weight excluding hydrogens is 241 g/mol. The molecule has 0 atom stereocenters. The molecule has 0 aliphatic rings. The summed E-state index contributed by atoms with van der Waals surface area (Å²) in [6, 6.07) is 14.7. The van der Waals surface area contributed by atoms with Gasteiger partial charge < -0.3 is 0 Å². The summed E-state index contributed by atoms with van der Waals surface area (Å²) in [5.41, 5.74) is 2.44. The summed E-state index contributed by atoms with van der Waals surface area (Å²) in [5.74, 6) is 0. The summed E-state index contributed by atoms with van der Waals surface area (Å²) in [4.78, 5) is 0. The van der Waals surface area contributed by atoms with Crippen LogP contribution in [-0.2, 0) is 0 Å². The van der Waals surface area contributed by atoms with E-state index < -0.39 is 0 Å². The number of rotatable bonds is 1. The normalized spacial score (nSPS) is 9.81. The van der Waals surface area contributed by atoms with E-state index in [1.807, 2.05) is 30.3 Å². The van der Waals surface area contributed by atoms with Crippen molar-refractivity contribution in [2.75, 3.05) is 0 Å². The van der Waals surface area contributed by atoms with Crippen LogP contribution < -0.4 is 0 Å². The molecule has 16 heavy (non-hydrogen) atoms. The van der Waals surface area contributed by atoms with Crippen LogP contribution in [0.4, 0.5) is 0 Å². The minimum atomic E-state index is 0.558. The zero-order chi connectivity index (χ0) is 11.5. The van der Waals surface area contributed by atoms with Crippen molar-refractivity contribution >= 4 is 23.2 Å². The van der Waals surface area contributed by atoms with E-state index in [0.717, 1.165) is 11.1 Å². The Kier molecular flexibility index (Phi) is 3.14. The lowest BCUT2D eigenvalue weighted by Gasteiger charge is -2.04. The first-order valence-electron chi connectivity index (χ1n) is 4.66. The third-order valence-corrected chi connectivity index (χ3v) is 2.82. The van der Waals surface area contributed by atoms with Crippen molar-refractivity contribution in [2.24, 2.45) is 0 Å². The highest BCUT2D eigenvalue weighted by Crippen LogP contribution is 2.29. The fourth-order valence-electron chi connectivity index (χ4n) is 1.45. The molecule has 0 saturated carbocycles. The molecule has 1 nitrogen and oxygen atoms in total. The molecule has 2 aromatic rings. The summed E-state index contributed by atoms with van der Waals surface area (Å²) in [5, 5.41) is 9.99. The average Bonchev–Trinajstić information content (AvgIpc) is 2.30. The summed E-state index contributed by atoms with van der Waals surface area (Å²) < 4.78 is 0. The van der Waals surface area contributed by atoms with Crippen molar-refractivity contribution in [3.05, 3.63) is 58.1 Å². The Bertz CT molecular complexity index is 553. The number of hydrogen-bond donors (Lipinski definition) is 0. The highest BCUT2D eigenvalue weighted by Gasteiger charge is 2.04. The van der Waals surface area contributed by atoms with E-state index in [4.69, 9.17) is 28.5 Å². The van der Waals surface area contributed by atoms with Crippen LogP contribution in [0.2, 0.25) is 10.0 Å². The van der Waals surface area contributed by atoms with Crippen molar-refractivity contribution < 1.29 is 0 Å². The number of hydrogen-bond acceptors (Lipinski definition) is 1. The molecule has 0 N–H and O–H groups in total. The number of halogens is 2. The van der Waals surface area contributed by atoms with Gasteiger partial charge in [-0.05, 0) is 29.8 Å². The second-order valence-corrected chi connectivity index (χ2v) is 4.16. The number of nitrogens with zero attached hydrogens (tertiary/aromatic N) is 1. The summed E-state index contributed by atoms with van der Waals surface area (Å²) in [6.07, 6.45) is 0. The molecule has 0 bridgehead atoms. The van der Waals surface area contributed by atoms with E-state index in [1.165, 1.54) is 0 Å². The molecule has 0 aromatic heterocycles. The Hall–Kier alpha value is -1.49. The Labute approximate surface area is 104 Å². The fraction of sp³-hybridized carbons (Fsp3) is 0. The molecule has 0 fully saturated rings. The van der Waals surface area contributed by atoms with E-state index in [9.17, 15) is 0 Å². The quantitative estimate of drug-likeness (QED) is 0.727. The maximum atomic E-state index is 8.73. The van der Waals surface area contributed by atoms with Crippen LogP contribution in [0, 0.1) is 11.3 Å². The van der Waals surface area contributed by atoms with Gasteiger partial charge in [0.1, 0.15) is 0 Å². The van der Waals surface area contributed by atoms with Crippen LogP contribution in [0.3, 0.4) is 0 Å². The molecule has 3 heteroatoms. The topological polar surface area (TPSA) is 23.8 Å². The standard InChI is InChI=1S/C13H7Cl2N/c14-11-4-2-10(3-5-11)12-6-1-9(8-16)7-13(12)15/h1-7H. The molecule has 2 aromatic carbocycles. The molecule has 0 amide bonds. The van der Waals surface area contributed by atoms with Crippen molar-refractivity contribution in [1.82, 2.24) is 0 Å². The molecule has 2 rings (SSSR count). The zero-order valence-electron chi connectivity index (χ0n) is 8.24. The van der Waals surface area contributed by atoms with E-state index in [0.29, 0.717) is 15.6 Å². The number of benzene rings is 2. The first-order chi connectivity index (χ1) is 7.70. The van der Waals surface area contributed by atoms with Gasteiger partial charge in [0.05, 0.1) is 11.6 Å². The van der Waals surface area contributed by atoms with Crippen LogP contribution in [0.5, 0.6) is 0 Å². The molecule has 0 heterocycles. The first kappa shape index (κ1) is 11.0. The van der Waals surface area contributed by atoms with Gasteiger partial charge >= 0.3 is 0 Å². The molecule has 0 radical (unpaired) electrons. The lowest BCUT2D eigenvalue weighted by atomic mass is 10.0. The fourth-order valence-corrected chi connectivity index (χ4v) is 1.86. The van der Waals surface area contributed by atoms with Gasteiger partial charge in [0.25, 0.3) is 0 Å². The van der Waals surface area contributed by atoms with Gasteiger partial charge in [-0.25, -0.2) is 0 Å². The zero-order valence-corrected chi connectivity index (χ0v) is 9.76. The highest BCUT2D eigenvalue weighted by molar-refractivity contribution is 6.33. The molecule has 0 saturated heterocycles. The van der Waals surface area contributed by atoms with Crippen molar-refractivity contribution in [1.29, 1.82) is 5.26 Å². The van der Waals surface area contributed by atoms with Gasteiger partial charge in [0.15, 0.2) is 0 Å². The third-order valence-electron chi connectivity index (χ3n) is 2.25. The minimum absolute atomic E-state index is 0.558. The van der Waals surface area contributed by atoms with Gasteiger partial charge in [-0.2, -0.15) is 5.26 Å². The third kappa shape index (κ3) is 2.19. The summed E-state index contributed by atoms with van der Waals surface area (Å²) in [7, 11) is 0. The second kappa shape index (κ2) is 4.57. The lowest BCUT2D eigenvalue weighted by molar-refractivity contribution is 1.48. The smallest absolute Gasteiger partial charge is 0.0992 e. The van der Waals surface area contributed by atoms with E-state index in [-0.39, 0.29) is 0 Å². The number of nitriles is 1. The monoisotopic (exact) mass is 247 g/mol. The van der Waals surface area contributed by atoms with Gasteiger partial charge in [-0.1, -0.05) is 41.4 Å². The van der Waals surface area contributed by atoms with Gasteiger partial charge in [0, 0.05) is 15.6 Å². The van der Waals surface area contributed by atoms with Gasteiger partial charge in [-0.3, -0.25) is 0 Å². The largest absolute Gasteiger partial charge is 0.192 e. The Morgan fingerprint density at radius 1 is 0.938 bits per heavy atom. The van der Waals surface area contributed by atoms with Crippen LogP contribution in [0.1, 0.15) is 5.56 Å². The van der Waals surface area contributed by atoms with E-state index in [2.05, 4.69) is 6.07 Å². The molecular formula is C13H7Cl2N.